The molecule has 288 valence electrons. The summed E-state index contributed by atoms with van der Waals surface area (Å²) >= 11 is 0. The minimum absolute atomic E-state index is 0.0225. The number of hydrogen-bond acceptors (Lipinski definition) is 13. The number of esters is 3. The molecule has 0 aromatic heterocycles. The minimum atomic E-state index is -1.50. The van der Waals surface area contributed by atoms with Crippen molar-refractivity contribution in [2.24, 2.45) is 5.92 Å². The van der Waals surface area contributed by atoms with E-state index in [1.165, 1.54) is 39.8 Å². The summed E-state index contributed by atoms with van der Waals surface area (Å²) in [6.07, 6.45) is -2.72. The summed E-state index contributed by atoms with van der Waals surface area (Å²) in [5.41, 5.74) is -4.39. The van der Waals surface area contributed by atoms with Gasteiger partial charge in [-0.3, -0.25) is 29.3 Å². The Morgan fingerprint density at radius 3 is 1.90 bits per heavy atom. The maximum absolute atomic E-state index is 13.1. The predicted molar refractivity (Wildman–Crippen MR) is 187 cm³/mol. The number of benzene rings is 1. The molecule has 1 aromatic carbocycles. The molecule has 0 fully saturated rings. The summed E-state index contributed by atoms with van der Waals surface area (Å²) in [7, 11) is 0. The Morgan fingerprint density at radius 1 is 0.784 bits per heavy atom. The number of hydrogen-bond donors (Lipinski definition) is 0. The van der Waals surface area contributed by atoms with Crippen molar-refractivity contribution in [3.8, 4) is 0 Å². The van der Waals surface area contributed by atoms with E-state index >= 15 is 0 Å². The van der Waals surface area contributed by atoms with Crippen LogP contribution >= 0.6 is 0 Å². The maximum Gasteiger partial charge on any atom is 0.338 e. The van der Waals surface area contributed by atoms with E-state index in [1.54, 1.807) is 27.7 Å². The van der Waals surface area contributed by atoms with Crippen LogP contribution in [0.1, 0.15) is 125 Å². The van der Waals surface area contributed by atoms with E-state index in [-0.39, 0.29) is 28.4 Å². The van der Waals surface area contributed by atoms with E-state index in [0.29, 0.717) is 19.6 Å². The van der Waals surface area contributed by atoms with Gasteiger partial charge in [0, 0.05) is 12.5 Å². The van der Waals surface area contributed by atoms with Gasteiger partial charge in [0.25, 0.3) is 5.69 Å². The normalized spacial score (nSPS) is 13.7. The fraction of sp³-hybridized carbons (Fsp3) is 0.703. The van der Waals surface area contributed by atoms with Crippen molar-refractivity contribution in [2.75, 3.05) is 13.2 Å². The van der Waals surface area contributed by atoms with E-state index in [0.717, 1.165) is 6.07 Å². The first-order valence-electron chi connectivity index (χ1n) is 17.1. The molecule has 0 aliphatic rings. The minimum Gasteiger partial charge on any atom is -0.461 e. The van der Waals surface area contributed by atoms with Gasteiger partial charge in [0.1, 0.15) is 29.5 Å². The zero-order valence-electron chi connectivity index (χ0n) is 32.5. The van der Waals surface area contributed by atoms with Crippen LogP contribution in [0.25, 0.3) is 0 Å². The standard InChI is InChI=1S/C37H57NO13/c1-23(2)21-48-36(10,11)32(42)25(4)50-37(12,13)31(41)24(3)49-30(40)17-16-29(39)46-22-27-15-14-26(20-28(27)38(44)45)33(43)51-35(8,9)18-19-47-34(5,6)7/h14-15,20,23-25H,16-19,21-22H2,1-13H3. The largest absolute Gasteiger partial charge is 0.461 e. The Bertz CT molecular complexity index is 1410. The number of rotatable bonds is 21. The second-order valence-electron chi connectivity index (χ2n) is 15.5. The van der Waals surface area contributed by atoms with Crippen molar-refractivity contribution in [3.05, 3.63) is 39.4 Å². The molecule has 0 heterocycles. The number of ether oxygens (including phenoxy) is 6. The maximum atomic E-state index is 13.1. The molecule has 14 nitrogen and oxygen atoms in total. The van der Waals surface area contributed by atoms with Crippen LogP contribution in [0.4, 0.5) is 5.69 Å². The van der Waals surface area contributed by atoms with Crippen molar-refractivity contribution in [2.45, 2.75) is 150 Å². The lowest BCUT2D eigenvalue weighted by molar-refractivity contribution is -0.385. The average Bonchev–Trinajstić information content (AvgIpc) is 2.99. The van der Waals surface area contributed by atoms with Crippen LogP contribution in [-0.2, 0) is 54.2 Å². The van der Waals surface area contributed by atoms with Crippen molar-refractivity contribution >= 4 is 35.2 Å². The summed E-state index contributed by atoms with van der Waals surface area (Å²) in [6.45, 7) is 22.3. The molecule has 0 spiro atoms. The molecule has 51 heavy (non-hydrogen) atoms. The number of carbonyl (C=O) groups excluding carboxylic acids is 5. The molecule has 0 N–H and O–H groups in total. The van der Waals surface area contributed by atoms with Crippen LogP contribution in [0.2, 0.25) is 0 Å². The highest BCUT2D eigenvalue weighted by Gasteiger charge is 2.41. The van der Waals surface area contributed by atoms with Crippen LogP contribution in [0.15, 0.2) is 18.2 Å². The fourth-order valence-electron chi connectivity index (χ4n) is 4.67. The highest BCUT2D eigenvalue weighted by Crippen LogP contribution is 2.26. The topological polar surface area (TPSA) is 184 Å². The van der Waals surface area contributed by atoms with Crippen molar-refractivity contribution in [1.29, 1.82) is 0 Å². The summed E-state index contributed by atoms with van der Waals surface area (Å²) in [5.74, 6) is -3.21. The van der Waals surface area contributed by atoms with Gasteiger partial charge in [-0.25, -0.2) is 4.79 Å². The third kappa shape index (κ3) is 16.0. The van der Waals surface area contributed by atoms with E-state index in [1.807, 2.05) is 34.6 Å². The van der Waals surface area contributed by atoms with Gasteiger partial charge in [0.15, 0.2) is 11.9 Å². The monoisotopic (exact) mass is 723 g/mol. The average molecular weight is 724 g/mol. The Hall–Kier alpha value is -3.75. The first-order valence-corrected chi connectivity index (χ1v) is 17.1. The van der Waals surface area contributed by atoms with Crippen LogP contribution in [-0.4, -0.2) is 82.2 Å². The smallest absolute Gasteiger partial charge is 0.338 e. The number of ketones is 2. The Kier molecular flexibility index (Phi) is 16.6. The van der Waals surface area contributed by atoms with Crippen molar-refractivity contribution < 1.29 is 57.3 Å². The zero-order chi connectivity index (χ0) is 39.5. The number of Topliss-reactive ketones (excluding diaryl/α,β-unsaturated/α-hetero) is 2. The summed E-state index contributed by atoms with van der Waals surface area (Å²) < 4.78 is 33.1. The second kappa shape index (κ2) is 18.7. The molecule has 2 atom stereocenters. The quantitative estimate of drug-likeness (QED) is 0.0600. The van der Waals surface area contributed by atoms with Gasteiger partial charge in [-0.15, -0.1) is 0 Å². The molecule has 0 bridgehead atoms. The van der Waals surface area contributed by atoms with E-state index in [4.69, 9.17) is 28.4 Å². The van der Waals surface area contributed by atoms with Crippen LogP contribution < -0.4 is 0 Å². The molecule has 0 radical (unpaired) electrons. The molecule has 14 heteroatoms. The zero-order valence-corrected chi connectivity index (χ0v) is 32.5. The Morgan fingerprint density at radius 2 is 1.35 bits per heavy atom. The fourth-order valence-corrected chi connectivity index (χ4v) is 4.67. The molecule has 0 saturated carbocycles. The van der Waals surface area contributed by atoms with Crippen LogP contribution in [0.3, 0.4) is 0 Å². The number of nitro groups is 1. The molecule has 1 aromatic rings. The summed E-state index contributed by atoms with van der Waals surface area (Å²) in [6, 6.07) is 3.67. The first-order chi connectivity index (χ1) is 23.2. The van der Waals surface area contributed by atoms with Crippen molar-refractivity contribution in [1.82, 2.24) is 0 Å². The lowest BCUT2D eigenvalue weighted by atomic mass is 9.96. The molecular weight excluding hydrogens is 666 g/mol. The van der Waals surface area contributed by atoms with Gasteiger partial charge in [0.05, 0.1) is 47.7 Å². The molecular formula is C37H57NO13. The molecule has 0 aliphatic carbocycles. The first kappa shape index (κ1) is 45.3. The van der Waals surface area contributed by atoms with E-state index < -0.39 is 82.8 Å². The third-order valence-electron chi connectivity index (χ3n) is 7.53. The van der Waals surface area contributed by atoms with E-state index in [9.17, 15) is 34.1 Å². The molecule has 0 saturated heterocycles. The van der Waals surface area contributed by atoms with Crippen LogP contribution in [0, 0.1) is 16.0 Å². The molecule has 0 aliphatic heterocycles. The Balaban J connectivity index is 2.72. The molecule has 2 unspecified atom stereocenters. The third-order valence-corrected chi connectivity index (χ3v) is 7.53. The summed E-state index contributed by atoms with van der Waals surface area (Å²) in [5, 5.41) is 11.8. The van der Waals surface area contributed by atoms with Gasteiger partial charge in [0.2, 0.25) is 5.78 Å². The van der Waals surface area contributed by atoms with Gasteiger partial charge >= 0.3 is 17.9 Å². The highest BCUT2D eigenvalue weighted by atomic mass is 16.6. The number of carbonyl (C=O) groups is 5. The van der Waals surface area contributed by atoms with Gasteiger partial charge in [-0.05, 0) is 94.2 Å². The van der Waals surface area contributed by atoms with Gasteiger partial charge in [-0.2, -0.15) is 0 Å². The SMILES string of the molecule is CC(C)COC(C)(C)C(=O)C(C)OC(C)(C)C(=O)C(C)OC(=O)CCC(=O)OCc1ccc(C(=O)OC(C)(C)CCOC(C)(C)C)cc1[N+](=O)[O-]. The lowest BCUT2D eigenvalue weighted by Gasteiger charge is -2.33. The molecule has 0 amide bonds. The van der Waals surface area contributed by atoms with Crippen LogP contribution in [0.5, 0.6) is 0 Å². The van der Waals surface area contributed by atoms with Crippen molar-refractivity contribution in [3.63, 3.8) is 0 Å². The lowest BCUT2D eigenvalue weighted by Crippen LogP contribution is -2.50. The number of nitro benzene ring substituents is 1. The van der Waals surface area contributed by atoms with E-state index in [2.05, 4.69) is 0 Å². The highest BCUT2D eigenvalue weighted by molar-refractivity contribution is 5.94. The number of nitrogens with zero attached hydrogens (tertiary/aromatic N) is 1. The second-order valence-corrected chi connectivity index (χ2v) is 15.5. The molecule has 1 rings (SSSR count). The van der Waals surface area contributed by atoms with Gasteiger partial charge < -0.3 is 28.4 Å². The predicted octanol–water partition coefficient (Wildman–Crippen LogP) is 6.26. The Labute approximate surface area is 301 Å². The summed E-state index contributed by atoms with van der Waals surface area (Å²) in [4.78, 5) is 74.8. The van der Waals surface area contributed by atoms with Gasteiger partial charge in [-0.1, -0.05) is 13.8 Å².